The molecule has 1 aromatic rings. The van der Waals surface area contributed by atoms with Crippen LogP contribution in [-0.4, -0.2) is 31.5 Å². The molecule has 120 valence electrons. The zero-order valence-electron chi connectivity index (χ0n) is 13.2. The summed E-state index contributed by atoms with van der Waals surface area (Å²) in [4.78, 5) is 11.6. The Morgan fingerprint density at radius 3 is 2.91 bits per heavy atom. The average Bonchev–Trinajstić information content (AvgIpc) is 2.77. The van der Waals surface area contributed by atoms with E-state index in [-0.39, 0.29) is 5.91 Å². The Labute approximate surface area is 131 Å². The van der Waals surface area contributed by atoms with E-state index in [0.29, 0.717) is 26.2 Å². The Morgan fingerprint density at radius 1 is 1.36 bits per heavy atom. The normalized spacial score (nSPS) is 14.6. The predicted octanol–water partition coefficient (Wildman–Crippen LogP) is 2.45. The lowest BCUT2D eigenvalue weighted by atomic mass is 10.1. The van der Waals surface area contributed by atoms with Gasteiger partial charge in [-0.3, -0.25) is 4.79 Å². The fourth-order valence-electron chi connectivity index (χ4n) is 2.19. The van der Waals surface area contributed by atoms with Gasteiger partial charge in [-0.05, 0) is 24.1 Å². The van der Waals surface area contributed by atoms with Crippen LogP contribution in [0.25, 0.3) is 0 Å². The van der Waals surface area contributed by atoms with Crippen molar-refractivity contribution in [3.8, 4) is 11.5 Å². The molecule has 1 aliphatic heterocycles. The number of hydrogen-bond acceptors (Lipinski definition) is 4. The Balaban J connectivity index is 1.72. The van der Waals surface area contributed by atoms with Gasteiger partial charge in [-0.25, -0.2) is 0 Å². The first-order valence-electron chi connectivity index (χ1n) is 7.46. The highest BCUT2D eigenvalue weighted by molar-refractivity contribution is 5.75. The van der Waals surface area contributed by atoms with Crippen molar-refractivity contribution in [3.05, 3.63) is 36.4 Å². The van der Waals surface area contributed by atoms with Gasteiger partial charge < -0.3 is 19.5 Å². The van der Waals surface area contributed by atoms with E-state index in [0.717, 1.165) is 23.5 Å². The van der Waals surface area contributed by atoms with Crippen LogP contribution in [0.4, 0.5) is 0 Å². The highest BCUT2D eigenvalue weighted by Gasteiger charge is 2.31. The van der Waals surface area contributed by atoms with Crippen LogP contribution in [0.15, 0.2) is 30.9 Å². The summed E-state index contributed by atoms with van der Waals surface area (Å²) in [5.74, 6) is 0.899. The molecule has 0 atom stereocenters. The van der Waals surface area contributed by atoms with Crippen LogP contribution in [0.5, 0.6) is 11.5 Å². The molecular weight excluding hydrogens is 282 g/mol. The lowest BCUT2D eigenvalue weighted by Gasteiger charge is -2.16. The molecule has 1 aromatic carbocycles. The van der Waals surface area contributed by atoms with E-state index in [1.807, 2.05) is 32.0 Å². The second-order valence-corrected chi connectivity index (χ2v) is 5.60. The van der Waals surface area contributed by atoms with E-state index in [9.17, 15) is 4.79 Å². The molecule has 2 rings (SSSR count). The van der Waals surface area contributed by atoms with Crippen molar-refractivity contribution in [1.29, 1.82) is 0 Å². The predicted molar refractivity (Wildman–Crippen MR) is 84.1 cm³/mol. The molecule has 1 amide bonds. The van der Waals surface area contributed by atoms with Gasteiger partial charge in [-0.1, -0.05) is 12.1 Å². The van der Waals surface area contributed by atoms with Crippen molar-refractivity contribution < 1.29 is 19.0 Å². The highest BCUT2D eigenvalue weighted by Crippen LogP contribution is 2.39. The molecule has 0 saturated carbocycles. The molecule has 5 heteroatoms. The van der Waals surface area contributed by atoms with Gasteiger partial charge in [0.1, 0.15) is 0 Å². The van der Waals surface area contributed by atoms with Crippen LogP contribution in [-0.2, 0) is 16.0 Å². The number of amides is 1. The summed E-state index contributed by atoms with van der Waals surface area (Å²) < 4.78 is 16.5. The molecule has 1 heterocycles. The maximum atomic E-state index is 11.6. The second kappa shape index (κ2) is 7.31. The molecule has 22 heavy (non-hydrogen) atoms. The minimum absolute atomic E-state index is 0.00839. The number of benzene rings is 1. The number of nitrogens with one attached hydrogen (secondary N) is 1. The first kappa shape index (κ1) is 16.4. The Hall–Kier alpha value is -2.01. The Bertz CT molecular complexity index is 539. The van der Waals surface area contributed by atoms with Crippen molar-refractivity contribution in [2.45, 2.75) is 32.5 Å². The maximum absolute atomic E-state index is 11.6. The largest absolute Gasteiger partial charge is 0.449 e. The fraction of sp³-hybridized carbons (Fsp3) is 0.471. The van der Waals surface area contributed by atoms with Crippen LogP contribution in [0.2, 0.25) is 0 Å². The van der Waals surface area contributed by atoms with Crippen molar-refractivity contribution in [3.63, 3.8) is 0 Å². The molecule has 1 N–H and O–H groups in total. The summed E-state index contributed by atoms with van der Waals surface area (Å²) >= 11 is 0. The summed E-state index contributed by atoms with van der Waals surface area (Å²) in [6, 6.07) is 5.86. The van der Waals surface area contributed by atoms with Gasteiger partial charge in [-0.15, -0.1) is 6.58 Å². The monoisotopic (exact) mass is 305 g/mol. The van der Waals surface area contributed by atoms with E-state index in [1.165, 1.54) is 0 Å². The molecule has 0 aromatic heterocycles. The minimum atomic E-state index is -0.611. The van der Waals surface area contributed by atoms with Crippen molar-refractivity contribution in [1.82, 2.24) is 5.32 Å². The van der Waals surface area contributed by atoms with Gasteiger partial charge in [0, 0.05) is 26.8 Å². The van der Waals surface area contributed by atoms with Gasteiger partial charge in [0.2, 0.25) is 11.7 Å². The lowest BCUT2D eigenvalue weighted by molar-refractivity contribution is -0.122. The third-order valence-electron chi connectivity index (χ3n) is 3.16. The van der Waals surface area contributed by atoms with Gasteiger partial charge in [0.05, 0.1) is 13.2 Å². The summed E-state index contributed by atoms with van der Waals surface area (Å²) in [7, 11) is 0. The third kappa shape index (κ3) is 4.77. The van der Waals surface area contributed by atoms with Crippen molar-refractivity contribution in [2.24, 2.45) is 0 Å². The van der Waals surface area contributed by atoms with Crippen LogP contribution in [0.1, 0.15) is 25.8 Å². The number of carbonyl (C=O) groups is 1. The van der Waals surface area contributed by atoms with Crippen molar-refractivity contribution >= 4 is 5.91 Å². The number of ether oxygens (including phenoxy) is 3. The molecule has 1 aliphatic rings. The summed E-state index contributed by atoms with van der Waals surface area (Å²) in [6.07, 6.45) is 2.78. The molecule has 0 saturated heterocycles. The van der Waals surface area contributed by atoms with Crippen molar-refractivity contribution in [2.75, 3.05) is 19.8 Å². The zero-order chi connectivity index (χ0) is 16.0. The number of carbonyl (C=O) groups excluding carboxylic acids is 1. The third-order valence-corrected chi connectivity index (χ3v) is 3.16. The number of hydrogen-bond donors (Lipinski definition) is 1. The molecule has 0 spiro atoms. The molecule has 0 fully saturated rings. The van der Waals surface area contributed by atoms with E-state index in [1.54, 1.807) is 6.08 Å². The molecule has 0 aliphatic carbocycles. The van der Waals surface area contributed by atoms with E-state index in [4.69, 9.17) is 14.2 Å². The molecule has 0 radical (unpaired) electrons. The minimum Gasteiger partial charge on any atom is -0.449 e. The van der Waals surface area contributed by atoms with Crippen LogP contribution in [0.3, 0.4) is 0 Å². The first-order chi connectivity index (χ1) is 10.5. The second-order valence-electron chi connectivity index (χ2n) is 5.60. The molecule has 5 nitrogen and oxygen atoms in total. The van der Waals surface area contributed by atoms with Crippen LogP contribution in [0, 0.1) is 0 Å². The van der Waals surface area contributed by atoms with Crippen LogP contribution >= 0.6 is 0 Å². The first-order valence-corrected chi connectivity index (χ1v) is 7.46. The topological polar surface area (TPSA) is 56.8 Å². The number of rotatable bonds is 8. The number of fused-ring (bicyclic) bond motifs is 1. The van der Waals surface area contributed by atoms with E-state index < -0.39 is 5.79 Å². The Morgan fingerprint density at radius 2 is 2.14 bits per heavy atom. The van der Waals surface area contributed by atoms with Crippen LogP contribution < -0.4 is 14.8 Å². The summed E-state index contributed by atoms with van der Waals surface area (Å²) in [5.41, 5.74) is 1.10. The highest BCUT2D eigenvalue weighted by atomic mass is 16.7. The van der Waals surface area contributed by atoms with Gasteiger partial charge >= 0.3 is 0 Å². The molecule has 0 unspecified atom stereocenters. The summed E-state index contributed by atoms with van der Waals surface area (Å²) in [6.45, 7) is 8.78. The average molecular weight is 305 g/mol. The quantitative estimate of drug-likeness (QED) is 0.592. The SMILES string of the molecule is C=CCOCCC(=O)NCCc1ccc2c(c1)OC(C)(C)O2. The smallest absolute Gasteiger partial charge is 0.246 e. The zero-order valence-corrected chi connectivity index (χ0v) is 13.2. The van der Waals surface area contributed by atoms with E-state index in [2.05, 4.69) is 11.9 Å². The standard InChI is InChI=1S/C17H23NO4/c1-4-10-20-11-8-16(19)18-9-7-13-5-6-14-15(12-13)22-17(2,3)21-14/h4-6,12H,1,7-11H2,2-3H3,(H,18,19). The molecular formula is C17H23NO4. The fourth-order valence-corrected chi connectivity index (χ4v) is 2.19. The summed E-state index contributed by atoms with van der Waals surface area (Å²) in [5, 5.41) is 2.88. The van der Waals surface area contributed by atoms with Gasteiger partial charge in [0.15, 0.2) is 11.5 Å². The molecule has 0 bridgehead atoms. The van der Waals surface area contributed by atoms with E-state index >= 15 is 0 Å². The van der Waals surface area contributed by atoms with Gasteiger partial charge in [-0.2, -0.15) is 0 Å². The lowest BCUT2D eigenvalue weighted by Crippen LogP contribution is -2.29. The Kier molecular flexibility index (Phi) is 5.44. The van der Waals surface area contributed by atoms with Gasteiger partial charge in [0.25, 0.3) is 0 Å². The maximum Gasteiger partial charge on any atom is 0.246 e.